The Labute approximate surface area is 139 Å². The van der Waals surface area contributed by atoms with E-state index in [1.807, 2.05) is 0 Å². The normalized spacial score (nSPS) is 23.0. The fourth-order valence-electron chi connectivity index (χ4n) is 3.20. The smallest absolute Gasteiger partial charge is 0.269 e. The van der Waals surface area contributed by atoms with Gasteiger partial charge in [0.15, 0.2) is 10.9 Å². The van der Waals surface area contributed by atoms with Gasteiger partial charge < -0.3 is 10.6 Å². The average Bonchev–Trinajstić information content (AvgIpc) is 2.44. The monoisotopic (exact) mass is 331 g/mol. The number of thiocarbonyl (C=S) groups is 1. The van der Waals surface area contributed by atoms with Gasteiger partial charge >= 0.3 is 0 Å². The van der Waals surface area contributed by atoms with Crippen LogP contribution in [0.3, 0.4) is 0 Å². The molecule has 2 N–H and O–H groups in total. The molecule has 1 aromatic carbocycles. The number of non-ortho nitro benzene ring substituents is 1. The molecule has 3 rings (SSSR count). The van der Waals surface area contributed by atoms with Gasteiger partial charge in [0.2, 0.25) is 0 Å². The van der Waals surface area contributed by atoms with E-state index in [1.165, 1.54) is 12.1 Å². The molecule has 0 saturated heterocycles. The summed E-state index contributed by atoms with van der Waals surface area (Å²) in [5.41, 5.74) is 2.26. The Morgan fingerprint density at radius 3 is 2.52 bits per heavy atom. The summed E-state index contributed by atoms with van der Waals surface area (Å²) in [6.07, 6.45) is 1.23. The van der Waals surface area contributed by atoms with Crippen molar-refractivity contribution in [3.63, 3.8) is 0 Å². The molecule has 1 heterocycles. The molecule has 1 aliphatic heterocycles. The lowest BCUT2D eigenvalue weighted by Crippen LogP contribution is -2.48. The van der Waals surface area contributed by atoms with Crippen LogP contribution in [0.4, 0.5) is 5.69 Å². The van der Waals surface area contributed by atoms with Crippen LogP contribution in [-0.2, 0) is 4.79 Å². The number of benzene rings is 1. The number of hydrogen-bond acceptors (Lipinski definition) is 4. The molecule has 7 heteroatoms. The number of nitrogens with zero attached hydrogens (tertiary/aromatic N) is 1. The molecule has 2 aliphatic rings. The number of carbonyl (C=O) groups is 1. The first-order valence-electron chi connectivity index (χ1n) is 7.35. The van der Waals surface area contributed by atoms with Gasteiger partial charge in [-0.3, -0.25) is 14.9 Å². The van der Waals surface area contributed by atoms with Crippen LogP contribution in [0.1, 0.15) is 38.3 Å². The zero-order chi connectivity index (χ0) is 16.8. The SMILES string of the molecule is CC1(C)CC(=O)C2=C(C1)NC(=S)NC2c1ccc([N+](=O)[O-])cc1. The number of allylic oxidation sites excluding steroid dienone is 1. The second-order valence-electron chi connectivity index (χ2n) is 6.71. The molecule has 0 radical (unpaired) electrons. The summed E-state index contributed by atoms with van der Waals surface area (Å²) in [5, 5.41) is 17.5. The molecule has 1 unspecified atom stereocenters. The van der Waals surface area contributed by atoms with E-state index in [2.05, 4.69) is 24.5 Å². The van der Waals surface area contributed by atoms with Gasteiger partial charge in [0.25, 0.3) is 5.69 Å². The second kappa shape index (κ2) is 5.42. The second-order valence-corrected chi connectivity index (χ2v) is 7.12. The van der Waals surface area contributed by atoms with E-state index in [0.717, 1.165) is 17.7 Å². The van der Waals surface area contributed by atoms with Crippen molar-refractivity contribution in [2.24, 2.45) is 5.41 Å². The molecular formula is C16H17N3O3S. The first kappa shape index (κ1) is 15.6. The van der Waals surface area contributed by atoms with Crippen LogP contribution in [0, 0.1) is 15.5 Å². The number of nitrogens with one attached hydrogen (secondary N) is 2. The number of hydrogen-bond donors (Lipinski definition) is 2. The number of ketones is 1. The summed E-state index contributed by atoms with van der Waals surface area (Å²) < 4.78 is 0. The summed E-state index contributed by atoms with van der Waals surface area (Å²) in [4.78, 5) is 23.0. The molecule has 0 bridgehead atoms. The van der Waals surface area contributed by atoms with E-state index in [4.69, 9.17) is 12.2 Å². The maximum Gasteiger partial charge on any atom is 0.269 e. The minimum Gasteiger partial charge on any atom is -0.351 e. The van der Waals surface area contributed by atoms with Crippen molar-refractivity contribution in [2.45, 2.75) is 32.7 Å². The zero-order valence-corrected chi connectivity index (χ0v) is 13.7. The van der Waals surface area contributed by atoms with Crippen LogP contribution in [0.2, 0.25) is 0 Å². The number of nitro benzene ring substituents is 1. The van der Waals surface area contributed by atoms with E-state index in [-0.39, 0.29) is 22.9 Å². The van der Waals surface area contributed by atoms with Crippen molar-refractivity contribution in [2.75, 3.05) is 0 Å². The van der Waals surface area contributed by atoms with Crippen molar-refractivity contribution < 1.29 is 9.72 Å². The number of nitro groups is 1. The third kappa shape index (κ3) is 2.96. The molecule has 120 valence electrons. The maximum absolute atomic E-state index is 12.6. The first-order chi connectivity index (χ1) is 10.8. The largest absolute Gasteiger partial charge is 0.351 e. The van der Waals surface area contributed by atoms with Gasteiger partial charge in [-0.15, -0.1) is 0 Å². The molecule has 0 aromatic heterocycles. The molecule has 0 saturated carbocycles. The predicted octanol–water partition coefficient (Wildman–Crippen LogP) is 2.76. The maximum atomic E-state index is 12.6. The standard InChI is InChI=1S/C16H17N3O3S/c1-16(2)7-11-13(12(20)8-16)14(18-15(23)17-11)9-3-5-10(6-4-9)19(21)22/h3-6,14H,7-8H2,1-2H3,(H2,17,18,23). The Morgan fingerprint density at radius 2 is 1.91 bits per heavy atom. The number of Topliss-reactive ketones (excluding diaryl/α,β-unsaturated/α-hetero) is 1. The third-order valence-corrected chi connectivity index (χ3v) is 4.41. The summed E-state index contributed by atoms with van der Waals surface area (Å²) in [7, 11) is 0. The fraction of sp³-hybridized carbons (Fsp3) is 0.375. The Kier molecular flexibility index (Phi) is 3.68. The summed E-state index contributed by atoms with van der Waals surface area (Å²) >= 11 is 5.26. The van der Waals surface area contributed by atoms with E-state index >= 15 is 0 Å². The topological polar surface area (TPSA) is 84.3 Å². The van der Waals surface area contributed by atoms with Gasteiger partial charge in [-0.2, -0.15) is 0 Å². The first-order valence-corrected chi connectivity index (χ1v) is 7.76. The van der Waals surface area contributed by atoms with Crippen LogP contribution in [0.15, 0.2) is 35.5 Å². The van der Waals surface area contributed by atoms with Gasteiger partial charge in [0.05, 0.1) is 11.0 Å². The molecule has 0 fully saturated rings. The van der Waals surface area contributed by atoms with Gasteiger partial charge in [-0.05, 0) is 41.7 Å². The Balaban J connectivity index is 2.02. The molecule has 1 atom stereocenters. The summed E-state index contributed by atoms with van der Waals surface area (Å²) in [6.45, 7) is 4.12. The van der Waals surface area contributed by atoms with Gasteiger partial charge in [-0.1, -0.05) is 13.8 Å². The highest BCUT2D eigenvalue weighted by Crippen LogP contribution is 2.41. The van der Waals surface area contributed by atoms with E-state index < -0.39 is 4.92 Å². The van der Waals surface area contributed by atoms with Crippen LogP contribution >= 0.6 is 12.2 Å². The molecule has 1 aliphatic carbocycles. The number of carbonyl (C=O) groups excluding carboxylic acids is 1. The van der Waals surface area contributed by atoms with Gasteiger partial charge in [0, 0.05) is 29.8 Å². The third-order valence-electron chi connectivity index (χ3n) is 4.19. The lowest BCUT2D eigenvalue weighted by atomic mass is 9.73. The molecular weight excluding hydrogens is 314 g/mol. The van der Waals surface area contributed by atoms with Crippen LogP contribution in [0.5, 0.6) is 0 Å². The zero-order valence-electron chi connectivity index (χ0n) is 12.9. The van der Waals surface area contributed by atoms with Crippen LogP contribution in [0.25, 0.3) is 0 Å². The van der Waals surface area contributed by atoms with Crippen molar-refractivity contribution in [1.29, 1.82) is 0 Å². The minimum atomic E-state index is -0.441. The highest BCUT2D eigenvalue weighted by molar-refractivity contribution is 7.80. The van der Waals surface area contributed by atoms with Crippen molar-refractivity contribution in [3.8, 4) is 0 Å². The molecule has 0 spiro atoms. The lowest BCUT2D eigenvalue weighted by Gasteiger charge is -2.39. The van der Waals surface area contributed by atoms with Gasteiger partial charge in [0.1, 0.15) is 0 Å². The quantitative estimate of drug-likeness (QED) is 0.492. The fourth-order valence-corrected chi connectivity index (χ4v) is 3.44. The van der Waals surface area contributed by atoms with E-state index in [0.29, 0.717) is 17.1 Å². The molecule has 1 aromatic rings. The van der Waals surface area contributed by atoms with Crippen molar-refractivity contribution in [1.82, 2.24) is 10.6 Å². The minimum absolute atomic E-state index is 0.0237. The van der Waals surface area contributed by atoms with Crippen molar-refractivity contribution in [3.05, 3.63) is 51.2 Å². The van der Waals surface area contributed by atoms with Gasteiger partial charge in [-0.25, -0.2) is 0 Å². The Morgan fingerprint density at radius 1 is 1.26 bits per heavy atom. The van der Waals surface area contributed by atoms with E-state index in [9.17, 15) is 14.9 Å². The molecule has 23 heavy (non-hydrogen) atoms. The highest BCUT2D eigenvalue weighted by Gasteiger charge is 2.39. The lowest BCUT2D eigenvalue weighted by molar-refractivity contribution is -0.384. The van der Waals surface area contributed by atoms with Crippen molar-refractivity contribution >= 4 is 28.8 Å². The summed E-state index contributed by atoms with van der Waals surface area (Å²) in [5.74, 6) is 0.0853. The molecule has 6 nitrogen and oxygen atoms in total. The Hall–Kier alpha value is -2.28. The van der Waals surface area contributed by atoms with E-state index in [1.54, 1.807) is 12.1 Å². The highest BCUT2D eigenvalue weighted by atomic mass is 32.1. The number of rotatable bonds is 2. The average molecular weight is 331 g/mol. The van der Waals surface area contributed by atoms with Crippen LogP contribution < -0.4 is 10.6 Å². The summed E-state index contributed by atoms with van der Waals surface area (Å²) in [6, 6.07) is 5.87. The van der Waals surface area contributed by atoms with Crippen LogP contribution in [-0.4, -0.2) is 15.8 Å². The Bertz CT molecular complexity index is 737. The predicted molar refractivity (Wildman–Crippen MR) is 89.8 cm³/mol. The molecule has 0 amide bonds.